The van der Waals surface area contributed by atoms with E-state index >= 15 is 0 Å². The molecule has 1 aromatic heterocycles. The second kappa shape index (κ2) is 7.58. The van der Waals surface area contributed by atoms with Crippen LogP contribution in [0.4, 0.5) is 18.9 Å². The van der Waals surface area contributed by atoms with Crippen molar-refractivity contribution >= 4 is 16.7 Å². The van der Waals surface area contributed by atoms with Gasteiger partial charge in [-0.1, -0.05) is 6.07 Å². The molecule has 0 radical (unpaired) electrons. The van der Waals surface area contributed by atoms with E-state index < -0.39 is 11.7 Å². The fourth-order valence-corrected chi connectivity index (χ4v) is 2.49. The third-order valence-corrected chi connectivity index (χ3v) is 3.72. The van der Waals surface area contributed by atoms with E-state index in [9.17, 15) is 13.2 Å². The molecule has 0 bridgehead atoms. The third kappa shape index (κ3) is 4.50. The van der Waals surface area contributed by atoms with Crippen LogP contribution >= 0.6 is 0 Å². The lowest BCUT2D eigenvalue weighted by Gasteiger charge is -2.12. The third-order valence-electron chi connectivity index (χ3n) is 3.72. The van der Waals surface area contributed by atoms with Gasteiger partial charge in [0.1, 0.15) is 12.0 Å². The van der Waals surface area contributed by atoms with Crippen LogP contribution in [0.2, 0.25) is 0 Å². The number of hydrogen-bond donors (Lipinski definition) is 2. The first-order valence-electron chi connectivity index (χ1n) is 7.89. The number of alkyl halides is 3. The number of aromatic nitrogens is 2. The molecule has 0 aliphatic rings. The van der Waals surface area contributed by atoms with E-state index in [1.54, 1.807) is 29.1 Å². The minimum Gasteiger partial charge on any atom is -0.463 e. The molecule has 0 aliphatic heterocycles. The van der Waals surface area contributed by atoms with Crippen LogP contribution in [0.1, 0.15) is 5.56 Å². The molecule has 0 unspecified atom stereocenters. The van der Waals surface area contributed by atoms with E-state index in [1.807, 2.05) is 0 Å². The van der Waals surface area contributed by atoms with Gasteiger partial charge in [0.25, 0.3) is 0 Å². The summed E-state index contributed by atoms with van der Waals surface area (Å²) in [6.07, 6.45) is -1.52. The number of anilines is 1. The summed E-state index contributed by atoms with van der Waals surface area (Å²) in [5.74, 6) is 0.0555. The molecule has 0 fully saturated rings. The molecule has 0 amide bonds. The van der Waals surface area contributed by atoms with E-state index in [2.05, 4.69) is 10.5 Å². The Hall–Kier alpha value is -3.20. The maximum atomic E-state index is 12.8. The zero-order chi connectivity index (χ0) is 19.4. The van der Waals surface area contributed by atoms with Crippen LogP contribution in [0.3, 0.4) is 0 Å². The van der Waals surface area contributed by atoms with Crippen LogP contribution in [0.5, 0.6) is 5.75 Å². The highest BCUT2D eigenvalue weighted by Gasteiger charge is 2.30. The summed E-state index contributed by atoms with van der Waals surface area (Å²) in [6.45, 7) is 0.284. The predicted octanol–water partition coefficient (Wildman–Crippen LogP) is 3.71. The first-order valence-corrected chi connectivity index (χ1v) is 7.89. The smallest absolute Gasteiger partial charge is 0.416 e. The lowest BCUT2D eigenvalue weighted by Crippen LogP contribution is -2.17. The van der Waals surface area contributed by atoms with Gasteiger partial charge in [0, 0.05) is 5.69 Å². The average Bonchev–Trinajstić information content (AvgIpc) is 3.01. The molecule has 0 saturated carbocycles. The number of rotatable bonds is 6. The summed E-state index contributed by atoms with van der Waals surface area (Å²) in [6, 6.07) is 9.95. The van der Waals surface area contributed by atoms with Gasteiger partial charge in [-0.25, -0.2) is 4.98 Å². The van der Waals surface area contributed by atoms with Crippen LogP contribution in [0.15, 0.2) is 60.8 Å². The topological polar surface area (TPSA) is 74.3 Å². The van der Waals surface area contributed by atoms with Crippen LogP contribution < -0.4 is 16.0 Å². The predicted molar refractivity (Wildman–Crippen MR) is 94.4 cm³/mol. The van der Waals surface area contributed by atoms with E-state index in [4.69, 9.17) is 15.3 Å². The molecule has 3 aromatic rings. The number of benzene rings is 2. The number of fused-ring (bicyclic) bond motifs is 1. The number of allylic oxidation sites excluding steroid dienone is 1. The Labute approximate surface area is 153 Å². The molecule has 9 heteroatoms. The maximum absolute atomic E-state index is 12.8. The van der Waals surface area contributed by atoms with Gasteiger partial charge in [-0.15, -0.1) is 0 Å². The second-order valence-electron chi connectivity index (χ2n) is 5.71. The molecule has 1 heterocycles. The lowest BCUT2D eigenvalue weighted by atomic mass is 10.2. The van der Waals surface area contributed by atoms with Gasteiger partial charge in [-0.05, 0) is 36.4 Å². The summed E-state index contributed by atoms with van der Waals surface area (Å²) in [5, 5.41) is 0. The van der Waals surface area contributed by atoms with Gasteiger partial charge >= 0.3 is 6.18 Å². The fraction of sp³-hybridized carbons (Fsp3) is 0.167. The van der Waals surface area contributed by atoms with Crippen molar-refractivity contribution in [3.8, 4) is 5.75 Å². The molecule has 27 heavy (non-hydrogen) atoms. The molecule has 3 rings (SSSR count). The van der Waals surface area contributed by atoms with E-state index in [0.29, 0.717) is 11.4 Å². The number of imidazole rings is 1. The van der Waals surface area contributed by atoms with Gasteiger partial charge < -0.3 is 15.0 Å². The van der Waals surface area contributed by atoms with Crippen LogP contribution in [-0.4, -0.2) is 16.7 Å². The van der Waals surface area contributed by atoms with Crippen molar-refractivity contribution in [2.45, 2.75) is 12.7 Å². The number of hydrogen-bond acceptors (Lipinski definition) is 5. The van der Waals surface area contributed by atoms with Crippen molar-refractivity contribution in [1.29, 1.82) is 0 Å². The van der Waals surface area contributed by atoms with Gasteiger partial charge in [0.15, 0.2) is 0 Å². The minimum absolute atomic E-state index is 0.0555. The summed E-state index contributed by atoms with van der Waals surface area (Å²) < 4.78 is 45.6. The molecule has 0 spiro atoms. The molecule has 0 atom stereocenters. The van der Waals surface area contributed by atoms with Crippen molar-refractivity contribution in [3.63, 3.8) is 0 Å². The minimum atomic E-state index is -4.44. The van der Waals surface area contributed by atoms with Gasteiger partial charge in [-0.2, -0.15) is 13.2 Å². The summed E-state index contributed by atoms with van der Waals surface area (Å²) >= 11 is 0. The van der Waals surface area contributed by atoms with Crippen LogP contribution in [0, 0.1) is 0 Å². The number of halogens is 3. The van der Waals surface area contributed by atoms with Crippen molar-refractivity contribution < 1.29 is 22.7 Å². The first-order chi connectivity index (χ1) is 12.9. The summed E-state index contributed by atoms with van der Waals surface area (Å²) in [4.78, 5) is 9.19. The number of nitrogens with two attached hydrogens (primary N) is 1. The number of nitrogen functional groups attached to an aromatic ring is 1. The first kappa shape index (κ1) is 18.6. The lowest BCUT2D eigenvalue weighted by molar-refractivity contribution is -0.137. The van der Waals surface area contributed by atoms with E-state index in [-0.39, 0.29) is 12.3 Å². The largest absolute Gasteiger partial charge is 0.463 e. The molecular weight excluding hydrogens is 361 g/mol. The van der Waals surface area contributed by atoms with Crippen molar-refractivity contribution in [1.82, 2.24) is 15.0 Å². The standard InChI is InChI=1S/C18H17F3N4O2/c1-26-24-14(9-25-11-23-16-6-5-13(22)8-17(16)25)10-27-15-4-2-3-12(7-15)18(19,20)21/h2-8,10-11,24H,9,22H2,1H3. The van der Waals surface area contributed by atoms with Crippen LogP contribution in [-0.2, 0) is 17.6 Å². The number of nitrogens with zero attached hydrogens (tertiary/aromatic N) is 2. The van der Waals surface area contributed by atoms with Gasteiger partial charge in [-0.3, -0.25) is 10.3 Å². The quantitative estimate of drug-likeness (QED) is 0.389. The molecule has 142 valence electrons. The zero-order valence-electron chi connectivity index (χ0n) is 14.3. The van der Waals surface area contributed by atoms with Crippen molar-refractivity contribution in [3.05, 3.63) is 66.3 Å². The Balaban J connectivity index is 1.82. The highest BCUT2D eigenvalue weighted by molar-refractivity contribution is 5.79. The number of ether oxygens (including phenoxy) is 1. The zero-order valence-corrected chi connectivity index (χ0v) is 14.3. The fourth-order valence-electron chi connectivity index (χ4n) is 2.49. The molecule has 0 aliphatic carbocycles. The Bertz CT molecular complexity index is 967. The average molecular weight is 378 g/mol. The van der Waals surface area contributed by atoms with Crippen molar-refractivity contribution in [2.75, 3.05) is 12.8 Å². The molecule has 3 N–H and O–H groups in total. The van der Waals surface area contributed by atoms with Gasteiger partial charge in [0.2, 0.25) is 0 Å². The highest BCUT2D eigenvalue weighted by Crippen LogP contribution is 2.31. The second-order valence-corrected chi connectivity index (χ2v) is 5.71. The molecule has 6 nitrogen and oxygen atoms in total. The molecule has 0 saturated heterocycles. The highest BCUT2D eigenvalue weighted by atomic mass is 19.4. The molecule has 2 aromatic carbocycles. The Morgan fingerprint density at radius 3 is 2.81 bits per heavy atom. The van der Waals surface area contributed by atoms with Crippen LogP contribution in [0.25, 0.3) is 11.0 Å². The number of hydroxylamine groups is 1. The Morgan fingerprint density at radius 1 is 1.26 bits per heavy atom. The summed E-state index contributed by atoms with van der Waals surface area (Å²) in [7, 11) is 1.42. The maximum Gasteiger partial charge on any atom is 0.416 e. The normalized spacial score (nSPS) is 12.4. The van der Waals surface area contributed by atoms with E-state index in [0.717, 1.165) is 23.2 Å². The molecular formula is C18H17F3N4O2. The van der Waals surface area contributed by atoms with Crippen molar-refractivity contribution in [2.24, 2.45) is 0 Å². The summed E-state index contributed by atoms with van der Waals surface area (Å²) in [5.41, 5.74) is 10.3. The SMILES string of the molecule is CONC(=COc1cccc(C(F)(F)F)c1)Cn1cnc2ccc(N)cc21. The van der Waals surface area contributed by atoms with Gasteiger partial charge in [0.05, 0.1) is 42.3 Å². The number of nitrogens with one attached hydrogen (secondary N) is 1. The Morgan fingerprint density at radius 2 is 2.07 bits per heavy atom. The van der Waals surface area contributed by atoms with E-state index in [1.165, 1.54) is 25.5 Å². The monoisotopic (exact) mass is 378 g/mol. The Kier molecular flexibility index (Phi) is 5.22.